The van der Waals surface area contributed by atoms with Crippen LogP contribution in [-0.4, -0.2) is 22.8 Å². The third-order valence-corrected chi connectivity index (χ3v) is 5.52. The highest BCUT2D eigenvalue weighted by atomic mass is 32.2. The van der Waals surface area contributed by atoms with Crippen LogP contribution in [0.15, 0.2) is 68.8 Å². The molecule has 146 valence electrons. The fraction of sp³-hybridized carbons (Fsp3) is 0.130. The molecule has 1 amide bonds. The van der Waals surface area contributed by atoms with Crippen molar-refractivity contribution in [2.75, 3.05) is 0 Å². The van der Waals surface area contributed by atoms with Gasteiger partial charge in [-0.2, -0.15) is 0 Å². The number of ketones is 1. The number of fused-ring (bicyclic) bond motifs is 1. The number of amides is 1. The molecule has 1 aliphatic heterocycles. The molecule has 0 atom stereocenters. The molecule has 0 spiro atoms. The molecule has 4 rings (SSSR count). The molecule has 3 aromatic rings. The largest absolute Gasteiger partial charge is 0.507 e. The standard InChI is InChI=1S/C23H19NO4S/c1-13(2)24-23(27)17-11-14(7-9-18(17)25)19-10-8-15(28-19)12-21-22(26)16-5-3-4-6-20(16)29-21/h3-13,25H,1-2H3,(H,24,27). The van der Waals surface area contributed by atoms with Gasteiger partial charge in [0.15, 0.2) is 0 Å². The molecule has 1 aliphatic rings. The lowest BCUT2D eigenvalue weighted by molar-refractivity contribution is 0.0940. The number of rotatable bonds is 4. The Labute approximate surface area is 172 Å². The fourth-order valence-corrected chi connectivity index (χ4v) is 4.09. The summed E-state index contributed by atoms with van der Waals surface area (Å²) in [7, 11) is 0. The van der Waals surface area contributed by atoms with Crippen LogP contribution in [-0.2, 0) is 0 Å². The highest BCUT2D eigenvalue weighted by Gasteiger charge is 2.25. The van der Waals surface area contributed by atoms with Crippen molar-refractivity contribution >= 4 is 29.5 Å². The summed E-state index contributed by atoms with van der Waals surface area (Å²) in [5, 5.41) is 12.8. The summed E-state index contributed by atoms with van der Waals surface area (Å²) in [5.74, 6) is 0.639. The number of Topliss-reactive ketones (excluding diaryl/α,β-unsaturated/α-hetero) is 1. The molecular formula is C23H19NO4S. The first-order chi connectivity index (χ1) is 13.9. The van der Waals surface area contributed by atoms with E-state index in [0.29, 0.717) is 27.6 Å². The molecule has 1 aromatic heterocycles. The highest BCUT2D eigenvalue weighted by Crippen LogP contribution is 2.41. The maximum atomic E-state index is 12.5. The summed E-state index contributed by atoms with van der Waals surface area (Å²) in [6.07, 6.45) is 1.73. The summed E-state index contributed by atoms with van der Waals surface area (Å²) in [4.78, 5) is 26.4. The summed E-state index contributed by atoms with van der Waals surface area (Å²) < 4.78 is 5.88. The number of carbonyl (C=O) groups excluding carboxylic acids is 2. The Kier molecular flexibility index (Phi) is 5.03. The predicted octanol–water partition coefficient (Wildman–Crippen LogP) is 5.12. The second kappa shape index (κ2) is 7.64. The summed E-state index contributed by atoms with van der Waals surface area (Å²) in [5.41, 5.74) is 1.55. The van der Waals surface area contributed by atoms with Crippen molar-refractivity contribution in [3.63, 3.8) is 0 Å². The molecule has 0 radical (unpaired) electrons. The molecule has 0 fully saturated rings. The Morgan fingerprint density at radius 3 is 2.69 bits per heavy atom. The van der Waals surface area contributed by atoms with E-state index in [1.165, 1.54) is 17.8 Å². The van der Waals surface area contributed by atoms with Crippen LogP contribution in [0.2, 0.25) is 0 Å². The van der Waals surface area contributed by atoms with Gasteiger partial charge in [-0.05, 0) is 62.4 Å². The van der Waals surface area contributed by atoms with Crippen LogP contribution in [0.4, 0.5) is 0 Å². The van der Waals surface area contributed by atoms with Gasteiger partial charge in [0.25, 0.3) is 5.91 Å². The first-order valence-corrected chi connectivity index (χ1v) is 10.0. The summed E-state index contributed by atoms with van der Waals surface area (Å²) in [6.45, 7) is 3.71. The second-order valence-electron chi connectivity index (χ2n) is 7.00. The number of nitrogens with one attached hydrogen (secondary N) is 1. The zero-order valence-electron chi connectivity index (χ0n) is 15.9. The second-order valence-corrected chi connectivity index (χ2v) is 8.08. The van der Waals surface area contributed by atoms with Crippen molar-refractivity contribution in [1.29, 1.82) is 0 Å². The number of phenols is 1. The molecule has 29 heavy (non-hydrogen) atoms. The average Bonchev–Trinajstić information content (AvgIpc) is 3.27. The van der Waals surface area contributed by atoms with E-state index in [1.54, 1.807) is 30.3 Å². The van der Waals surface area contributed by atoms with Crippen molar-refractivity contribution in [2.45, 2.75) is 24.8 Å². The van der Waals surface area contributed by atoms with E-state index in [0.717, 1.165) is 4.90 Å². The quantitative estimate of drug-likeness (QED) is 0.589. The molecule has 2 aromatic carbocycles. The minimum absolute atomic E-state index is 0.0131. The molecule has 0 aliphatic carbocycles. The van der Waals surface area contributed by atoms with Crippen molar-refractivity contribution in [2.24, 2.45) is 0 Å². The molecule has 0 bridgehead atoms. The van der Waals surface area contributed by atoms with E-state index >= 15 is 0 Å². The zero-order valence-corrected chi connectivity index (χ0v) is 16.7. The van der Waals surface area contributed by atoms with E-state index in [1.807, 2.05) is 38.1 Å². The van der Waals surface area contributed by atoms with Gasteiger partial charge in [0.05, 0.1) is 10.5 Å². The maximum absolute atomic E-state index is 12.5. The maximum Gasteiger partial charge on any atom is 0.255 e. The highest BCUT2D eigenvalue weighted by molar-refractivity contribution is 8.04. The lowest BCUT2D eigenvalue weighted by Crippen LogP contribution is -2.30. The Morgan fingerprint density at radius 1 is 1.14 bits per heavy atom. The number of phenolic OH excluding ortho intramolecular Hbond substituents is 1. The van der Waals surface area contributed by atoms with Gasteiger partial charge in [-0.1, -0.05) is 23.9 Å². The number of thioether (sulfide) groups is 1. The Hall–Kier alpha value is -3.25. The van der Waals surface area contributed by atoms with Crippen molar-refractivity contribution in [1.82, 2.24) is 5.32 Å². The van der Waals surface area contributed by atoms with Crippen LogP contribution >= 0.6 is 11.8 Å². The van der Waals surface area contributed by atoms with E-state index in [9.17, 15) is 14.7 Å². The van der Waals surface area contributed by atoms with Crippen LogP contribution in [0.5, 0.6) is 5.75 Å². The minimum Gasteiger partial charge on any atom is -0.507 e. The molecule has 0 saturated carbocycles. The fourth-order valence-electron chi connectivity index (χ4n) is 3.06. The number of hydrogen-bond acceptors (Lipinski definition) is 5. The van der Waals surface area contributed by atoms with Crippen LogP contribution in [0.3, 0.4) is 0 Å². The Bertz CT molecular complexity index is 1140. The zero-order chi connectivity index (χ0) is 20.5. The Morgan fingerprint density at radius 2 is 1.93 bits per heavy atom. The number of benzene rings is 2. The van der Waals surface area contributed by atoms with E-state index in [2.05, 4.69) is 5.32 Å². The van der Waals surface area contributed by atoms with Crippen LogP contribution in [0.1, 0.15) is 40.3 Å². The van der Waals surface area contributed by atoms with Gasteiger partial charge in [0, 0.05) is 22.1 Å². The number of aromatic hydroxyl groups is 1. The van der Waals surface area contributed by atoms with E-state index < -0.39 is 0 Å². The average molecular weight is 405 g/mol. The van der Waals surface area contributed by atoms with Crippen LogP contribution < -0.4 is 5.32 Å². The molecule has 0 saturated heterocycles. The minimum atomic E-state index is -0.348. The topological polar surface area (TPSA) is 79.5 Å². The third-order valence-electron chi connectivity index (χ3n) is 4.42. The van der Waals surface area contributed by atoms with Gasteiger partial charge < -0.3 is 14.8 Å². The lowest BCUT2D eigenvalue weighted by atomic mass is 10.1. The van der Waals surface area contributed by atoms with Gasteiger partial charge in [0.1, 0.15) is 17.3 Å². The molecule has 0 unspecified atom stereocenters. The molecule has 6 heteroatoms. The van der Waals surface area contributed by atoms with Crippen molar-refractivity contribution in [3.05, 3.63) is 76.4 Å². The first-order valence-electron chi connectivity index (χ1n) is 9.20. The van der Waals surface area contributed by atoms with Gasteiger partial charge >= 0.3 is 0 Å². The van der Waals surface area contributed by atoms with Gasteiger partial charge in [-0.3, -0.25) is 9.59 Å². The first kappa shape index (κ1) is 19.1. The number of furan rings is 1. The van der Waals surface area contributed by atoms with Crippen molar-refractivity contribution < 1.29 is 19.1 Å². The normalized spacial score (nSPS) is 14.4. The molecule has 5 nitrogen and oxygen atoms in total. The van der Waals surface area contributed by atoms with Gasteiger partial charge in [-0.25, -0.2) is 0 Å². The van der Waals surface area contributed by atoms with Crippen LogP contribution in [0.25, 0.3) is 17.4 Å². The third kappa shape index (κ3) is 3.84. The lowest BCUT2D eigenvalue weighted by Gasteiger charge is -2.10. The number of allylic oxidation sites excluding steroid dienone is 1. The van der Waals surface area contributed by atoms with E-state index in [4.69, 9.17) is 4.42 Å². The van der Waals surface area contributed by atoms with Gasteiger partial charge in [0.2, 0.25) is 5.78 Å². The predicted molar refractivity (Wildman–Crippen MR) is 113 cm³/mol. The smallest absolute Gasteiger partial charge is 0.255 e. The SMILES string of the molecule is CC(C)NC(=O)c1cc(-c2ccc(C=C3Sc4ccccc4C3=O)o2)ccc1O. The molecular weight excluding hydrogens is 386 g/mol. The molecule has 2 N–H and O–H groups in total. The number of hydrogen-bond donors (Lipinski definition) is 2. The summed E-state index contributed by atoms with van der Waals surface area (Å²) in [6, 6.07) is 15.8. The monoisotopic (exact) mass is 405 g/mol. The van der Waals surface area contributed by atoms with Crippen molar-refractivity contribution in [3.8, 4) is 17.1 Å². The van der Waals surface area contributed by atoms with Crippen LogP contribution in [0, 0.1) is 0 Å². The number of carbonyl (C=O) groups is 2. The molecule has 2 heterocycles. The Balaban J connectivity index is 1.60. The van der Waals surface area contributed by atoms with E-state index in [-0.39, 0.29) is 29.0 Å². The summed E-state index contributed by atoms with van der Waals surface area (Å²) >= 11 is 1.42. The van der Waals surface area contributed by atoms with Gasteiger partial charge in [-0.15, -0.1) is 0 Å².